The molecule has 0 aromatic carbocycles. The summed E-state index contributed by atoms with van der Waals surface area (Å²) in [4.78, 5) is 19.9. The van der Waals surface area contributed by atoms with Crippen LogP contribution >= 0.6 is 23.2 Å². The van der Waals surface area contributed by atoms with Crippen LogP contribution in [0.4, 0.5) is 5.95 Å². The third-order valence-electron chi connectivity index (χ3n) is 2.51. The molecule has 8 heteroatoms. The molecule has 0 fully saturated rings. The number of pyridine rings is 2. The van der Waals surface area contributed by atoms with Crippen molar-refractivity contribution < 1.29 is 4.79 Å². The summed E-state index contributed by atoms with van der Waals surface area (Å²) in [7, 11) is 0. The summed E-state index contributed by atoms with van der Waals surface area (Å²) < 4.78 is 1.38. The third-order valence-corrected chi connectivity index (χ3v) is 2.99. The topological polar surface area (TPSA) is 72.2 Å². The van der Waals surface area contributed by atoms with Gasteiger partial charge in [0.05, 0.1) is 5.56 Å². The predicted octanol–water partition coefficient (Wildman–Crippen LogP) is 2.68. The van der Waals surface area contributed by atoms with Gasteiger partial charge in [0.15, 0.2) is 5.65 Å². The second-order valence-corrected chi connectivity index (χ2v) is 4.72. The lowest BCUT2D eigenvalue weighted by Gasteiger charge is -1.99. The van der Waals surface area contributed by atoms with Crippen molar-refractivity contribution in [2.45, 2.75) is 0 Å². The van der Waals surface area contributed by atoms with Crippen LogP contribution < -0.4 is 5.32 Å². The van der Waals surface area contributed by atoms with E-state index in [2.05, 4.69) is 20.4 Å². The van der Waals surface area contributed by atoms with Crippen LogP contribution in [-0.4, -0.2) is 25.5 Å². The van der Waals surface area contributed by atoms with Crippen molar-refractivity contribution in [3.05, 3.63) is 52.4 Å². The average molecular weight is 308 g/mol. The van der Waals surface area contributed by atoms with E-state index in [0.717, 1.165) is 0 Å². The molecular weight excluding hydrogens is 301 g/mol. The number of fused-ring (bicyclic) bond motifs is 1. The Labute approximate surface area is 123 Å². The molecule has 0 saturated heterocycles. The molecule has 0 aliphatic rings. The Morgan fingerprint density at radius 3 is 2.90 bits per heavy atom. The highest BCUT2D eigenvalue weighted by Gasteiger charge is 2.12. The van der Waals surface area contributed by atoms with Gasteiger partial charge < -0.3 is 0 Å². The lowest BCUT2D eigenvalue weighted by atomic mass is 10.3. The molecule has 0 saturated carbocycles. The van der Waals surface area contributed by atoms with E-state index in [0.29, 0.717) is 21.4 Å². The number of rotatable bonds is 2. The van der Waals surface area contributed by atoms with Gasteiger partial charge in [-0.15, -0.1) is 5.10 Å². The highest BCUT2D eigenvalue weighted by molar-refractivity contribution is 6.34. The summed E-state index contributed by atoms with van der Waals surface area (Å²) in [6.45, 7) is 0. The van der Waals surface area contributed by atoms with Crippen molar-refractivity contribution in [2.24, 2.45) is 0 Å². The Hall–Kier alpha value is -2.18. The number of anilines is 1. The van der Waals surface area contributed by atoms with Gasteiger partial charge in [0.1, 0.15) is 5.15 Å². The quantitative estimate of drug-likeness (QED) is 0.739. The van der Waals surface area contributed by atoms with Crippen molar-refractivity contribution in [2.75, 3.05) is 5.32 Å². The molecule has 0 atom stereocenters. The lowest BCUT2D eigenvalue weighted by Crippen LogP contribution is -2.13. The number of carbonyl (C=O) groups excluding carboxylic acids is 1. The zero-order valence-electron chi connectivity index (χ0n) is 9.92. The number of aromatic nitrogens is 4. The molecule has 0 unspecified atom stereocenters. The standard InChI is InChI=1S/C12H7Cl2N5O/c13-8-4-9(14)19-10(5-8)16-12(18-19)17-11(20)7-2-1-3-15-6-7/h1-6H,(H,17,18,20). The van der Waals surface area contributed by atoms with Crippen molar-refractivity contribution >= 4 is 40.7 Å². The highest BCUT2D eigenvalue weighted by atomic mass is 35.5. The Morgan fingerprint density at radius 2 is 2.15 bits per heavy atom. The van der Waals surface area contributed by atoms with E-state index < -0.39 is 0 Å². The maximum atomic E-state index is 11.9. The molecule has 0 bridgehead atoms. The predicted molar refractivity (Wildman–Crippen MR) is 75.2 cm³/mol. The first-order valence-electron chi connectivity index (χ1n) is 5.57. The van der Waals surface area contributed by atoms with Gasteiger partial charge in [0, 0.05) is 23.5 Å². The lowest BCUT2D eigenvalue weighted by molar-refractivity contribution is 0.102. The zero-order valence-corrected chi connectivity index (χ0v) is 11.4. The maximum absolute atomic E-state index is 11.9. The summed E-state index contributed by atoms with van der Waals surface area (Å²) in [5.74, 6) is -0.209. The minimum absolute atomic E-state index is 0.142. The van der Waals surface area contributed by atoms with Gasteiger partial charge in [-0.25, -0.2) is 4.52 Å². The van der Waals surface area contributed by atoms with Crippen LogP contribution in [0.3, 0.4) is 0 Å². The van der Waals surface area contributed by atoms with E-state index in [1.165, 1.54) is 16.8 Å². The van der Waals surface area contributed by atoms with E-state index in [9.17, 15) is 4.79 Å². The highest BCUT2D eigenvalue weighted by Crippen LogP contribution is 2.19. The molecular formula is C12H7Cl2N5O. The first kappa shape index (κ1) is 12.8. The number of halogens is 2. The summed E-state index contributed by atoms with van der Waals surface area (Å²) in [6.07, 6.45) is 3.04. The Kier molecular flexibility index (Phi) is 3.25. The molecule has 100 valence electrons. The zero-order chi connectivity index (χ0) is 14.1. The fourth-order valence-electron chi connectivity index (χ4n) is 1.64. The van der Waals surface area contributed by atoms with Gasteiger partial charge in [-0.2, -0.15) is 4.98 Å². The Morgan fingerprint density at radius 1 is 1.30 bits per heavy atom. The van der Waals surface area contributed by atoms with Gasteiger partial charge in [0.25, 0.3) is 5.91 Å². The van der Waals surface area contributed by atoms with Crippen LogP contribution in [0.15, 0.2) is 36.7 Å². The third kappa shape index (κ3) is 2.43. The Balaban J connectivity index is 1.92. The Bertz CT molecular complexity index is 787. The SMILES string of the molecule is O=C(Nc1nc2cc(Cl)cc(Cl)n2n1)c1cccnc1. The second kappa shape index (κ2) is 5.07. The first-order chi connectivity index (χ1) is 9.63. The van der Waals surface area contributed by atoms with Crippen LogP contribution in [0.1, 0.15) is 10.4 Å². The largest absolute Gasteiger partial charge is 0.289 e. The molecule has 3 rings (SSSR count). The number of carbonyl (C=O) groups is 1. The van der Waals surface area contributed by atoms with Crippen molar-refractivity contribution in [1.82, 2.24) is 19.6 Å². The van der Waals surface area contributed by atoms with Crippen LogP contribution in [0.5, 0.6) is 0 Å². The molecule has 1 N–H and O–H groups in total. The summed E-state index contributed by atoms with van der Waals surface area (Å²) in [6, 6.07) is 6.45. The first-order valence-corrected chi connectivity index (χ1v) is 6.32. The van der Waals surface area contributed by atoms with Crippen molar-refractivity contribution in [3.8, 4) is 0 Å². The molecule has 20 heavy (non-hydrogen) atoms. The molecule has 0 aliphatic heterocycles. The molecule has 3 aromatic heterocycles. The molecule has 3 heterocycles. The van der Waals surface area contributed by atoms with Gasteiger partial charge in [-0.1, -0.05) is 23.2 Å². The van der Waals surface area contributed by atoms with Crippen molar-refractivity contribution in [1.29, 1.82) is 0 Å². The molecule has 3 aromatic rings. The maximum Gasteiger partial charge on any atom is 0.259 e. The van der Waals surface area contributed by atoms with Gasteiger partial charge >= 0.3 is 0 Å². The molecule has 0 aliphatic carbocycles. The number of hydrogen-bond acceptors (Lipinski definition) is 4. The fraction of sp³-hybridized carbons (Fsp3) is 0. The molecule has 0 spiro atoms. The van der Waals surface area contributed by atoms with Crippen LogP contribution in [0, 0.1) is 0 Å². The summed E-state index contributed by atoms with van der Waals surface area (Å²) >= 11 is 11.9. The van der Waals surface area contributed by atoms with E-state index in [4.69, 9.17) is 23.2 Å². The monoisotopic (exact) mass is 307 g/mol. The second-order valence-electron chi connectivity index (χ2n) is 3.90. The van der Waals surface area contributed by atoms with Gasteiger partial charge in [0.2, 0.25) is 5.95 Å². The molecule has 0 radical (unpaired) electrons. The van der Waals surface area contributed by atoms with Crippen LogP contribution in [0.25, 0.3) is 5.65 Å². The van der Waals surface area contributed by atoms with E-state index >= 15 is 0 Å². The number of hydrogen-bond donors (Lipinski definition) is 1. The van der Waals surface area contributed by atoms with Crippen molar-refractivity contribution in [3.63, 3.8) is 0 Å². The van der Waals surface area contributed by atoms with E-state index in [1.807, 2.05) is 0 Å². The minimum Gasteiger partial charge on any atom is -0.289 e. The number of nitrogens with zero attached hydrogens (tertiary/aromatic N) is 4. The van der Waals surface area contributed by atoms with Crippen LogP contribution in [0.2, 0.25) is 10.2 Å². The molecule has 6 nitrogen and oxygen atoms in total. The number of nitrogens with one attached hydrogen (secondary N) is 1. The van der Waals surface area contributed by atoms with Gasteiger partial charge in [-0.05, 0) is 18.2 Å². The number of amides is 1. The summed E-state index contributed by atoms with van der Waals surface area (Å²) in [5, 5.41) is 7.40. The fourth-order valence-corrected chi connectivity index (χ4v) is 2.14. The minimum atomic E-state index is -0.351. The molecule has 1 amide bonds. The smallest absolute Gasteiger partial charge is 0.259 e. The normalized spacial score (nSPS) is 10.7. The van der Waals surface area contributed by atoms with Gasteiger partial charge in [-0.3, -0.25) is 15.1 Å². The average Bonchev–Trinajstić information content (AvgIpc) is 2.82. The summed E-state index contributed by atoms with van der Waals surface area (Å²) in [5.41, 5.74) is 0.861. The van der Waals surface area contributed by atoms with E-state index in [1.54, 1.807) is 24.4 Å². The van der Waals surface area contributed by atoms with E-state index in [-0.39, 0.29) is 11.9 Å². The van der Waals surface area contributed by atoms with Crippen LogP contribution in [-0.2, 0) is 0 Å².